The van der Waals surface area contributed by atoms with Gasteiger partial charge in [-0.05, 0) is 88.6 Å². The molecule has 2 aromatic rings. The molecule has 1 spiro atoms. The highest BCUT2D eigenvalue weighted by Gasteiger charge is 2.75. The van der Waals surface area contributed by atoms with E-state index in [1.807, 2.05) is 26.0 Å². The van der Waals surface area contributed by atoms with Gasteiger partial charge < -0.3 is 24.7 Å². The van der Waals surface area contributed by atoms with Gasteiger partial charge in [0.2, 0.25) is 0 Å². The van der Waals surface area contributed by atoms with Crippen LogP contribution in [0.2, 0.25) is 0 Å². The van der Waals surface area contributed by atoms with Crippen LogP contribution in [0.15, 0.2) is 35.9 Å². The van der Waals surface area contributed by atoms with Crippen molar-refractivity contribution in [3.05, 3.63) is 52.7 Å². The van der Waals surface area contributed by atoms with E-state index >= 15 is 0 Å². The minimum atomic E-state index is -1.21. The Labute approximate surface area is 224 Å². The Morgan fingerprint density at radius 3 is 2.63 bits per heavy atom. The van der Waals surface area contributed by atoms with Crippen LogP contribution in [0.3, 0.4) is 0 Å². The highest BCUT2D eigenvalue weighted by molar-refractivity contribution is 5.97. The number of aromatic nitrogens is 1. The molecular weight excluding hydrogens is 478 g/mol. The molecule has 3 N–H and O–H groups in total. The molecule has 3 aliphatic carbocycles. The molecule has 202 valence electrons. The number of nitrogens with one attached hydrogen (secondary N) is 1. The van der Waals surface area contributed by atoms with Crippen LogP contribution in [0, 0.1) is 11.3 Å². The molecule has 3 fully saturated rings. The molecule has 6 unspecified atom stereocenters. The summed E-state index contributed by atoms with van der Waals surface area (Å²) in [6, 6.07) is 6.40. The Kier molecular flexibility index (Phi) is 4.62. The second-order valence-corrected chi connectivity index (χ2v) is 14.0. The van der Waals surface area contributed by atoms with Crippen molar-refractivity contribution < 1.29 is 24.5 Å². The molecular formula is C32H39NO5. The maximum atomic E-state index is 13.2. The topological polar surface area (TPSA) is 91.8 Å². The molecule has 1 saturated heterocycles. The lowest BCUT2D eigenvalue weighted by atomic mass is 9.42. The first-order valence-corrected chi connectivity index (χ1v) is 14.1. The average Bonchev–Trinajstić information content (AvgIpc) is 3.41. The molecule has 38 heavy (non-hydrogen) atoms. The lowest BCUT2D eigenvalue weighted by Gasteiger charge is -2.65. The van der Waals surface area contributed by atoms with Crippen molar-refractivity contribution in [2.24, 2.45) is 11.3 Å². The first-order chi connectivity index (χ1) is 17.6. The Bertz CT molecular complexity index is 1460. The number of hydrogen-bond acceptors (Lipinski definition) is 5. The number of fused-ring (bicyclic) bond motifs is 9. The molecule has 6 atom stereocenters. The minimum absolute atomic E-state index is 0.104. The molecule has 3 heterocycles. The second-order valence-electron chi connectivity index (χ2n) is 14.0. The zero-order chi connectivity index (χ0) is 27.1. The summed E-state index contributed by atoms with van der Waals surface area (Å²) in [5, 5.41) is 24.1. The first kappa shape index (κ1) is 24.8. The SMILES string of the molecule is CC(C)(O)C=Cc1ccc2[nH]c3c(c2c1)CC1CCC2(O)C4=CC(=O)C5OC4(CCC2(C)C31C)OC5(C)C. The Hall–Kier alpha value is -2.25. The first-order valence-electron chi connectivity index (χ1n) is 14.1. The number of aromatic amines is 1. The summed E-state index contributed by atoms with van der Waals surface area (Å²) >= 11 is 0. The van der Waals surface area contributed by atoms with E-state index in [2.05, 4.69) is 37.0 Å². The van der Waals surface area contributed by atoms with Gasteiger partial charge in [-0.2, -0.15) is 0 Å². The van der Waals surface area contributed by atoms with E-state index in [0.717, 1.165) is 30.3 Å². The van der Waals surface area contributed by atoms with Gasteiger partial charge in [0.1, 0.15) is 5.60 Å². The Morgan fingerprint density at radius 2 is 1.89 bits per heavy atom. The molecule has 2 saturated carbocycles. The van der Waals surface area contributed by atoms with Crippen LogP contribution in [0.4, 0.5) is 0 Å². The van der Waals surface area contributed by atoms with Crippen LogP contribution < -0.4 is 0 Å². The molecule has 2 bridgehead atoms. The molecule has 7 rings (SSSR count). The van der Waals surface area contributed by atoms with Crippen LogP contribution in [-0.4, -0.2) is 49.7 Å². The number of carbonyl (C=O) groups is 1. The Balaban J connectivity index is 1.35. The van der Waals surface area contributed by atoms with E-state index in [9.17, 15) is 15.0 Å². The predicted molar refractivity (Wildman–Crippen MR) is 146 cm³/mol. The minimum Gasteiger partial charge on any atom is -0.386 e. The van der Waals surface area contributed by atoms with Crippen molar-refractivity contribution >= 4 is 22.8 Å². The van der Waals surface area contributed by atoms with E-state index in [4.69, 9.17) is 9.47 Å². The third kappa shape index (κ3) is 2.85. The van der Waals surface area contributed by atoms with Gasteiger partial charge in [0.25, 0.3) is 0 Å². The van der Waals surface area contributed by atoms with E-state index in [-0.39, 0.29) is 11.2 Å². The van der Waals surface area contributed by atoms with Gasteiger partial charge in [0.05, 0.1) is 11.2 Å². The van der Waals surface area contributed by atoms with Crippen molar-refractivity contribution in [1.82, 2.24) is 4.98 Å². The normalized spacial score (nSPS) is 41.2. The molecule has 2 aliphatic heterocycles. The van der Waals surface area contributed by atoms with E-state index in [1.165, 1.54) is 16.6 Å². The largest absolute Gasteiger partial charge is 0.386 e. The van der Waals surface area contributed by atoms with Gasteiger partial charge in [-0.1, -0.05) is 32.1 Å². The molecule has 6 nitrogen and oxygen atoms in total. The van der Waals surface area contributed by atoms with Gasteiger partial charge in [0.15, 0.2) is 17.7 Å². The van der Waals surface area contributed by atoms with Gasteiger partial charge in [-0.15, -0.1) is 0 Å². The Morgan fingerprint density at radius 1 is 1.13 bits per heavy atom. The van der Waals surface area contributed by atoms with Gasteiger partial charge in [-0.25, -0.2) is 0 Å². The fourth-order valence-corrected chi connectivity index (χ4v) is 8.86. The van der Waals surface area contributed by atoms with Gasteiger partial charge >= 0.3 is 0 Å². The van der Waals surface area contributed by atoms with Crippen LogP contribution in [-0.2, 0) is 26.1 Å². The summed E-state index contributed by atoms with van der Waals surface area (Å²) in [5.74, 6) is -0.742. The van der Waals surface area contributed by atoms with Crippen molar-refractivity contribution in [3.8, 4) is 0 Å². The monoisotopic (exact) mass is 517 g/mol. The number of H-pyrrole nitrogens is 1. The summed E-state index contributed by atoms with van der Waals surface area (Å²) in [7, 11) is 0. The molecule has 1 aromatic heterocycles. The molecule has 6 heteroatoms. The molecule has 0 amide bonds. The van der Waals surface area contributed by atoms with Crippen LogP contribution in [0.1, 0.15) is 84.0 Å². The van der Waals surface area contributed by atoms with Crippen LogP contribution >= 0.6 is 0 Å². The van der Waals surface area contributed by atoms with Gasteiger partial charge in [0, 0.05) is 39.4 Å². The van der Waals surface area contributed by atoms with Gasteiger partial charge in [-0.3, -0.25) is 4.79 Å². The summed E-state index contributed by atoms with van der Waals surface area (Å²) in [6.45, 7) is 11.9. The third-order valence-electron chi connectivity index (χ3n) is 11.0. The lowest BCUT2D eigenvalue weighted by molar-refractivity contribution is -0.247. The van der Waals surface area contributed by atoms with Crippen molar-refractivity contribution in [3.63, 3.8) is 0 Å². The number of ketones is 1. The standard InChI is InChI=1S/C32H39NO5/c1-27(2,35)11-9-18-7-8-22-20(15-18)21-16-19-10-12-31(36)24-17-23(34)26-28(3,4)38-32(24,37-26)14-13-29(31,5)30(19,6)25(21)33-22/h7-9,11,15,17,19,26,33,35-36H,10,12-14,16H2,1-6H3. The van der Waals surface area contributed by atoms with E-state index in [0.29, 0.717) is 24.3 Å². The van der Waals surface area contributed by atoms with E-state index in [1.54, 1.807) is 19.9 Å². The number of carbonyl (C=O) groups excluding carboxylic acids is 1. The maximum absolute atomic E-state index is 13.2. The third-order valence-corrected chi connectivity index (χ3v) is 11.0. The highest BCUT2D eigenvalue weighted by atomic mass is 16.8. The number of hydrogen-bond donors (Lipinski definition) is 3. The fourth-order valence-electron chi connectivity index (χ4n) is 8.86. The second kappa shape index (κ2) is 7.08. The van der Waals surface area contributed by atoms with Crippen molar-refractivity contribution in [1.29, 1.82) is 0 Å². The average molecular weight is 518 g/mol. The quantitative estimate of drug-likeness (QED) is 0.515. The summed E-state index contributed by atoms with van der Waals surface area (Å²) in [5.41, 5.74) is 1.71. The van der Waals surface area contributed by atoms with Crippen molar-refractivity contribution in [2.75, 3.05) is 0 Å². The summed E-state index contributed by atoms with van der Waals surface area (Å²) in [4.78, 5) is 17.0. The summed E-state index contributed by atoms with van der Waals surface area (Å²) in [6.07, 6.45) is 8.61. The smallest absolute Gasteiger partial charge is 0.195 e. The molecule has 5 aliphatic rings. The van der Waals surface area contributed by atoms with Crippen LogP contribution in [0.5, 0.6) is 0 Å². The number of benzene rings is 1. The number of rotatable bonds is 2. The number of aliphatic hydroxyl groups is 2. The van der Waals surface area contributed by atoms with E-state index < -0.39 is 34.1 Å². The zero-order valence-electron chi connectivity index (χ0n) is 23.3. The zero-order valence-corrected chi connectivity index (χ0v) is 23.3. The number of ether oxygens (including phenoxy) is 2. The molecule has 1 aromatic carbocycles. The maximum Gasteiger partial charge on any atom is 0.195 e. The summed E-state index contributed by atoms with van der Waals surface area (Å²) < 4.78 is 12.9. The van der Waals surface area contributed by atoms with Crippen molar-refractivity contribution in [2.45, 2.75) is 108 Å². The van der Waals surface area contributed by atoms with Crippen LogP contribution in [0.25, 0.3) is 17.0 Å². The predicted octanol–water partition coefficient (Wildman–Crippen LogP) is 5.11. The highest BCUT2D eigenvalue weighted by Crippen LogP contribution is 2.71. The fraction of sp³-hybridized carbons (Fsp3) is 0.594. The molecule has 0 radical (unpaired) electrons. The lowest BCUT2D eigenvalue weighted by Crippen LogP contribution is -2.69.